The molecule has 9 aromatic carbocycles. The fourth-order valence-electron chi connectivity index (χ4n) is 7.96. The average molecular weight is 1950 g/mol. The van der Waals surface area contributed by atoms with Crippen molar-refractivity contribution in [1.29, 1.82) is 0 Å². The Morgan fingerprint density at radius 3 is 0.417 bits per heavy atom. The van der Waals surface area contributed by atoms with Crippen LogP contribution < -0.4 is 47.7 Å². The third-order valence-corrected chi connectivity index (χ3v) is 19.4. The number of rotatable bonds is 9. The van der Waals surface area contributed by atoms with Crippen LogP contribution in [0.3, 0.4) is 0 Å². The van der Waals surface area contributed by atoms with Gasteiger partial charge in [-0.15, -0.1) is 0 Å². The Morgan fingerprint density at radius 2 is 0.345 bits per heavy atom. The van der Waals surface area contributed by atoms with Crippen molar-refractivity contribution >= 4 is 107 Å². The van der Waals surface area contributed by atoms with Crippen LogP contribution in [0.15, 0.2) is 273 Å². The van der Waals surface area contributed by atoms with E-state index in [-0.39, 0.29) is 90.5 Å². The van der Waals surface area contributed by atoms with Gasteiger partial charge in [-0.3, -0.25) is 0 Å². The van der Waals surface area contributed by atoms with Crippen molar-refractivity contribution in [2.24, 2.45) is 0 Å². The molecule has 2 fully saturated rings. The summed E-state index contributed by atoms with van der Waals surface area (Å²) in [5.74, 6) is 0. The maximum atomic E-state index is 9.87. The number of hydrogen-bond donors (Lipinski definition) is 0. The summed E-state index contributed by atoms with van der Waals surface area (Å²) in [7, 11) is -13.3. The molecule has 2 aliphatic heterocycles. The molecular formula is C65H64F6O5P4Pt3Tl+3. The van der Waals surface area contributed by atoms with Gasteiger partial charge in [0.2, 0.25) is 0 Å². The summed E-state index contributed by atoms with van der Waals surface area (Å²) in [5, 5.41) is 12.9. The Labute approximate surface area is 558 Å². The molecule has 0 spiro atoms. The van der Waals surface area contributed by atoms with Crippen molar-refractivity contribution in [3.8, 4) is 0 Å². The first kappa shape index (κ1) is 82.5. The Bertz CT molecular complexity index is 2440. The summed E-state index contributed by atoms with van der Waals surface area (Å²) in [6.07, 6.45) is 5.11. The van der Waals surface area contributed by atoms with Crippen LogP contribution in [0.25, 0.3) is 0 Å². The van der Waals surface area contributed by atoms with Crippen molar-refractivity contribution in [2.75, 3.05) is 26.4 Å². The fourth-order valence-corrected chi connectivity index (χ4v) is 15.7. The number of halogens is 6. The normalized spacial score (nSPS) is 12.0. The predicted octanol–water partition coefficient (Wildman–Crippen LogP) is 14.0. The molecule has 2 heterocycles. The minimum Gasteiger partial charge on any atom is -0.0620 e. The molecule has 0 radical (unpaired) electrons. The molecule has 0 aliphatic carbocycles. The topological polar surface area (TPSA) is 78.2 Å². The monoisotopic (exact) mass is 1950 g/mol. The minimum atomic E-state index is -10.7. The van der Waals surface area contributed by atoms with Crippen LogP contribution in [0.5, 0.6) is 0 Å². The Kier molecular flexibility index (Phi) is 45.7. The van der Waals surface area contributed by atoms with E-state index in [4.69, 9.17) is 23.4 Å². The molecule has 2 saturated heterocycles. The first-order valence-corrected chi connectivity index (χ1v) is 31.8. The number of benzene rings is 9. The maximum absolute atomic E-state index is 10.7. The van der Waals surface area contributed by atoms with Gasteiger partial charge < -0.3 is 9.47 Å². The first-order valence-electron chi connectivity index (χ1n) is 25.2. The van der Waals surface area contributed by atoms with Crippen LogP contribution in [-0.4, -0.2) is 53.7 Å². The molecule has 2 aliphatic rings. The predicted molar refractivity (Wildman–Crippen MR) is 331 cm³/mol. The molecule has 84 heavy (non-hydrogen) atoms. The molecule has 0 N–H and O–H groups in total. The largest absolute Gasteiger partial charge is 1.00 e. The van der Waals surface area contributed by atoms with E-state index in [0.29, 0.717) is 0 Å². The average Bonchev–Trinajstić information content (AvgIpc) is 4.33. The van der Waals surface area contributed by atoms with E-state index < -0.39 is 31.6 Å². The third-order valence-electron chi connectivity index (χ3n) is 11.2. The fraction of sp³-hybridized carbons (Fsp3) is 0.123. The van der Waals surface area contributed by atoms with Gasteiger partial charge in [0.05, 0.1) is 23.8 Å². The molecule has 0 aromatic heterocycles. The van der Waals surface area contributed by atoms with Crippen LogP contribution >= 0.6 is 31.6 Å². The van der Waals surface area contributed by atoms with Gasteiger partial charge in [-0.25, -0.2) is 0 Å². The smallest absolute Gasteiger partial charge is 0.0620 e. The molecule has 0 saturated carbocycles. The van der Waals surface area contributed by atoms with E-state index in [0.717, 1.165) is 26.4 Å². The van der Waals surface area contributed by atoms with Gasteiger partial charge in [0.25, 0.3) is 0 Å². The van der Waals surface area contributed by atoms with E-state index in [9.17, 15) is 25.2 Å². The minimum absolute atomic E-state index is 0. The van der Waals surface area contributed by atoms with Gasteiger partial charge in [0, 0.05) is 89.6 Å². The Morgan fingerprint density at radius 1 is 0.250 bits per heavy atom. The van der Waals surface area contributed by atoms with Crippen LogP contribution in [0.2, 0.25) is 0 Å². The molecule has 446 valence electrons. The molecule has 0 amide bonds. The quantitative estimate of drug-likeness (QED) is 0.0475. The van der Waals surface area contributed by atoms with Gasteiger partial charge in [0.1, 0.15) is 47.7 Å². The van der Waals surface area contributed by atoms with Crippen LogP contribution in [0.4, 0.5) is 25.2 Å². The maximum Gasteiger partial charge on any atom is 1.00 e. The summed E-state index contributed by atoms with van der Waals surface area (Å²) in [6, 6.07) is 97.5. The zero-order valence-corrected chi connectivity index (χ0v) is 60.6. The molecule has 5 nitrogen and oxygen atoms in total. The molecular weight excluding hydrogens is 1890 g/mol. The zero-order chi connectivity index (χ0) is 58.2. The van der Waals surface area contributed by atoms with Crippen molar-refractivity contribution in [2.45, 2.75) is 25.7 Å². The van der Waals surface area contributed by atoms with E-state index >= 15 is 0 Å². The summed E-state index contributed by atoms with van der Waals surface area (Å²) in [6.45, 7) is 17.5. The molecule has 0 unspecified atom stereocenters. The number of ether oxygens (including phenoxy) is 2. The second-order valence-corrected chi connectivity index (χ2v) is 26.4. The molecule has 11 rings (SSSR count). The summed E-state index contributed by atoms with van der Waals surface area (Å²) in [4.78, 5) is 0. The number of hydrogen-bond acceptors (Lipinski definition) is 2. The Hall–Kier alpha value is -3.59. The summed E-state index contributed by atoms with van der Waals surface area (Å²) in [5.41, 5.74) is 0. The molecule has 0 atom stereocenters. The van der Waals surface area contributed by atoms with Crippen molar-refractivity contribution < 1.29 is 112 Å². The molecule has 9 aromatic rings. The molecule has 0 bridgehead atoms. The van der Waals surface area contributed by atoms with Crippen molar-refractivity contribution in [3.63, 3.8) is 0 Å². The van der Waals surface area contributed by atoms with Gasteiger partial charge in [-0.1, -0.05) is 164 Å². The summed E-state index contributed by atoms with van der Waals surface area (Å²) < 4.78 is 91.6. The van der Waals surface area contributed by atoms with Crippen LogP contribution in [0.1, 0.15) is 25.7 Å². The second kappa shape index (κ2) is 46.5. The van der Waals surface area contributed by atoms with E-state index in [2.05, 4.69) is 293 Å². The van der Waals surface area contributed by atoms with Crippen LogP contribution in [0, 0.1) is 20.0 Å². The third kappa shape index (κ3) is 35.9. The van der Waals surface area contributed by atoms with E-state index in [1.807, 2.05) is 0 Å². The van der Waals surface area contributed by atoms with Crippen molar-refractivity contribution in [1.82, 2.24) is 0 Å². The first-order chi connectivity index (χ1) is 38.8. The second-order valence-electron chi connectivity index (χ2n) is 17.0. The molecule has 19 heteroatoms. The van der Waals surface area contributed by atoms with E-state index in [1.165, 1.54) is 73.4 Å². The van der Waals surface area contributed by atoms with E-state index in [1.54, 1.807) is 0 Å². The van der Waals surface area contributed by atoms with Crippen LogP contribution in [-0.2, 0) is 86.6 Å². The standard InChI is InChI=1S/3C18H15P.2C4H8O.3CO.F6P.3Pt.Tl/c3*1-4-10-16(11-5-1)19(17-12-6-2-7-13-17)18-14-8-3-9-15-18;2*1-2-4-5-3-1;3*1-2;1-7(2,3,4,5)6;;;;/h3*1-15H;2*1-4H2;;;;;;;;/q;;;;;;;;-1;;;;+1/p+3. The van der Waals surface area contributed by atoms with Gasteiger partial charge in [-0.2, -0.15) is 0 Å². The van der Waals surface area contributed by atoms with Gasteiger partial charge in [-0.05, 0) is 135 Å². The van der Waals surface area contributed by atoms with Gasteiger partial charge in [0.15, 0.2) is 0 Å². The van der Waals surface area contributed by atoms with Crippen molar-refractivity contribution in [3.05, 3.63) is 293 Å². The van der Waals surface area contributed by atoms with Gasteiger partial charge >= 0.3 is 94.2 Å². The Balaban J connectivity index is 0. The zero-order valence-electron chi connectivity index (χ0n) is 45.4. The SMILES string of the molecule is C1CCOC1.C1CCOC1.F[P-](F)(F)(F)(F)F.[C-]#[O+].[C-]#[O+].[C-]#[O+].[Pt].[Pt].[Pt].[Tl+].c1ccc([PH+](c2ccccc2)c2ccccc2)cc1.c1ccc([PH+](c2ccccc2)c2ccccc2)cc1.c1ccc([PH+](c2ccccc2)c2ccccc2)cc1. The summed E-state index contributed by atoms with van der Waals surface area (Å²) >= 11 is 0.